The summed E-state index contributed by atoms with van der Waals surface area (Å²) >= 11 is 0. The molecule has 0 aliphatic carbocycles. The van der Waals surface area contributed by atoms with E-state index < -0.39 is 21.7 Å². The summed E-state index contributed by atoms with van der Waals surface area (Å²) in [5.74, 6) is -0.682. The summed E-state index contributed by atoms with van der Waals surface area (Å²) in [5, 5.41) is 2.61. The zero-order valence-electron chi connectivity index (χ0n) is 10.4. The summed E-state index contributed by atoms with van der Waals surface area (Å²) in [7, 11) is -2.23. The average molecular weight is 288 g/mol. The summed E-state index contributed by atoms with van der Waals surface area (Å²) < 4.78 is 24.3. The van der Waals surface area contributed by atoms with Gasteiger partial charge in [0.05, 0.1) is 0 Å². The van der Waals surface area contributed by atoms with Crippen LogP contribution in [0.15, 0.2) is 0 Å². The van der Waals surface area contributed by atoms with Crippen molar-refractivity contribution in [3.05, 3.63) is 0 Å². The summed E-state index contributed by atoms with van der Waals surface area (Å²) in [4.78, 5) is 11.4. The molecule has 0 radical (unpaired) electrons. The number of hydrogen-bond donors (Lipinski definition) is 3. The van der Waals surface area contributed by atoms with Crippen molar-refractivity contribution < 1.29 is 13.2 Å². The lowest BCUT2D eigenvalue weighted by atomic mass is 10.0. The fourth-order valence-corrected chi connectivity index (χ4v) is 1.87. The Morgan fingerprint density at radius 1 is 1.35 bits per heavy atom. The molecular weight excluding hydrogens is 266 g/mol. The maximum absolute atomic E-state index is 11.4. The lowest BCUT2D eigenvalue weighted by Gasteiger charge is -2.18. The second kappa shape index (κ2) is 8.68. The first kappa shape index (κ1) is 19.0. The third-order valence-corrected chi connectivity index (χ3v) is 3.30. The summed E-state index contributed by atoms with van der Waals surface area (Å²) in [6.45, 7) is 4.34. The third kappa shape index (κ3) is 9.34. The van der Waals surface area contributed by atoms with Crippen LogP contribution in [0.3, 0.4) is 0 Å². The number of carbonyl (C=O) groups is 1. The van der Waals surface area contributed by atoms with E-state index in [2.05, 4.69) is 10.0 Å². The van der Waals surface area contributed by atoms with Crippen LogP contribution in [0.4, 0.5) is 0 Å². The van der Waals surface area contributed by atoms with Gasteiger partial charge < -0.3 is 11.1 Å². The van der Waals surface area contributed by atoms with Gasteiger partial charge in [-0.25, -0.2) is 13.1 Å². The first-order chi connectivity index (χ1) is 7.30. The minimum absolute atomic E-state index is 0. The normalized spacial score (nSPS) is 13.0. The van der Waals surface area contributed by atoms with Crippen LogP contribution in [-0.2, 0) is 14.8 Å². The van der Waals surface area contributed by atoms with E-state index in [1.165, 1.54) is 7.05 Å². The Labute approximate surface area is 109 Å². The van der Waals surface area contributed by atoms with Crippen LogP contribution in [0.5, 0.6) is 0 Å². The highest BCUT2D eigenvalue weighted by molar-refractivity contribution is 7.90. The Morgan fingerprint density at radius 3 is 2.24 bits per heavy atom. The smallest absolute Gasteiger partial charge is 0.236 e. The SMILES string of the molecule is CNS(=O)(=O)CC(=O)NC(CN)CC(C)C.Cl. The van der Waals surface area contributed by atoms with Gasteiger partial charge in [-0.1, -0.05) is 13.8 Å². The van der Waals surface area contributed by atoms with Gasteiger partial charge in [-0.3, -0.25) is 4.79 Å². The molecule has 104 valence electrons. The lowest BCUT2D eigenvalue weighted by molar-refractivity contribution is -0.119. The van der Waals surface area contributed by atoms with Crippen molar-refractivity contribution in [2.75, 3.05) is 19.3 Å². The van der Waals surface area contributed by atoms with Crippen LogP contribution < -0.4 is 15.8 Å². The minimum Gasteiger partial charge on any atom is -0.351 e. The van der Waals surface area contributed by atoms with Crippen molar-refractivity contribution in [2.45, 2.75) is 26.3 Å². The average Bonchev–Trinajstić information content (AvgIpc) is 2.15. The van der Waals surface area contributed by atoms with Crippen LogP contribution in [0, 0.1) is 5.92 Å². The Morgan fingerprint density at radius 2 is 1.88 bits per heavy atom. The van der Waals surface area contributed by atoms with Crippen LogP contribution in [0.2, 0.25) is 0 Å². The molecule has 17 heavy (non-hydrogen) atoms. The number of rotatable bonds is 7. The standard InChI is InChI=1S/C9H21N3O3S.ClH/c1-7(2)4-8(5-10)12-9(13)6-16(14,15)11-3;/h7-8,11H,4-6,10H2,1-3H3,(H,12,13);1H. The number of amides is 1. The maximum Gasteiger partial charge on any atom is 0.236 e. The number of nitrogens with one attached hydrogen (secondary N) is 2. The highest BCUT2D eigenvalue weighted by atomic mass is 35.5. The molecule has 0 heterocycles. The predicted octanol–water partition coefficient (Wildman–Crippen LogP) is -0.553. The Bertz CT molecular complexity index is 319. The van der Waals surface area contributed by atoms with Crippen molar-refractivity contribution in [2.24, 2.45) is 11.7 Å². The molecule has 0 spiro atoms. The van der Waals surface area contributed by atoms with Gasteiger partial charge in [-0.05, 0) is 19.4 Å². The number of sulfonamides is 1. The van der Waals surface area contributed by atoms with Gasteiger partial charge in [0.15, 0.2) is 0 Å². The van der Waals surface area contributed by atoms with Crippen molar-refractivity contribution in [1.82, 2.24) is 10.0 Å². The van der Waals surface area contributed by atoms with Crippen molar-refractivity contribution in [3.63, 3.8) is 0 Å². The summed E-state index contributed by atoms with van der Waals surface area (Å²) in [5.41, 5.74) is 5.49. The van der Waals surface area contributed by atoms with Crippen molar-refractivity contribution >= 4 is 28.3 Å². The van der Waals surface area contributed by atoms with Gasteiger partial charge >= 0.3 is 0 Å². The largest absolute Gasteiger partial charge is 0.351 e. The van der Waals surface area contributed by atoms with E-state index in [-0.39, 0.29) is 18.4 Å². The van der Waals surface area contributed by atoms with Crippen LogP contribution >= 0.6 is 12.4 Å². The second-order valence-corrected chi connectivity index (χ2v) is 6.02. The molecule has 0 bridgehead atoms. The first-order valence-electron chi connectivity index (χ1n) is 5.21. The molecule has 4 N–H and O–H groups in total. The van der Waals surface area contributed by atoms with E-state index in [9.17, 15) is 13.2 Å². The number of hydrogen-bond acceptors (Lipinski definition) is 4. The maximum atomic E-state index is 11.4. The second-order valence-electron chi connectivity index (χ2n) is 4.09. The molecule has 8 heteroatoms. The van der Waals surface area contributed by atoms with Crippen molar-refractivity contribution in [3.8, 4) is 0 Å². The van der Waals surface area contributed by atoms with Gasteiger partial charge in [0.25, 0.3) is 0 Å². The monoisotopic (exact) mass is 287 g/mol. The van der Waals surface area contributed by atoms with Gasteiger partial charge in [0, 0.05) is 12.6 Å². The van der Waals surface area contributed by atoms with Gasteiger partial charge in [-0.15, -0.1) is 12.4 Å². The highest BCUT2D eigenvalue weighted by Crippen LogP contribution is 2.03. The molecule has 6 nitrogen and oxygen atoms in total. The molecule has 0 rings (SSSR count). The van der Waals surface area contributed by atoms with Gasteiger partial charge in [-0.2, -0.15) is 0 Å². The van der Waals surface area contributed by atoms with E-state index in [0.717, 1.165) is 6.42 Å². The molecule has 1 amide bonds. The molecule has 0 fully saturated rings. The van der Waals surface area contributed by atoms with Gasteiger partial charge in [0.2, 0.25) is 15.9 Å². The fourth-order valence-electron chi connectivity index (χ4n) is 1.30. The van der Waals surface area contributed by atoms with E-state index >= 15 is 0 Å². The Balaban J connectivity index is 0. The summed E-state index contributed by atoms with van der Waals surface area (Å²) in [6.07, 6.45) is 0.738. The molecule has 1 unspecified atom stereocenters. The lowest BCUT2D eigenvalue weighted by Crippen LogP contribution is -2.44. The molecule has 0 saturated carbocycles. The number of nitrogens with two attached hydrogens (primary N) is 1. The Kier molecular flexibility index (Phi) is 9.69. The van der Waals surface area contributed by atoms with E-state index in [1.807, 2.05) is 13.8 Å². The minimum atomic E-state index is -3.50. The molecule has 0 aromatic rings. The molecule has 0 aromatic heterocycles. The molecule has 0 aliphatic heterocycles. The van der Waals surface area contributed by atoms with E-state index in [0.29, 0.717) is 12.5 Å². The molecule has 0 aliphatic rings. The van der Waals surface area contributed by atoms with E-state index in [1.54, 1.807) is 0 Å². The van der Waals surface area contributed by atoms with Crippen molar-refractivity contribution in [1.29, 1.82) is 0 Å². The topological polar surface area (TPSA) is 101 Å². The van der Waals surface area contributed by atoms with Gasteiger partial charge in [0.1, 0.15) is 5.75 Å². The zero-order chi connectivity index (χ0) is 12.8. The molecule has 0 aromatic carbocycles. The first-order valence-corrected chi connectivity index (χ1v) is 6.86. The van der Waals surface area contributed by atoms with Crippen LogP contribution in [0.25, 0.3) is 0 Å². The van der Waals surface area contributed by atoms with Crippen LogP contribution in [0.1, 0.15) is 20.3 Å². The van der Waals surface area contributed by atoms with Crippen LogP contribution in [-0.4, -0.2) is 39.7 Å². The summed E-state index contributed by atoms with van der Waals surface area (Å²) in [6, 6.07) is -0.167. The molecule has 1 atom stereocenters. The number of carbonyl (C=O) groups excluding carboxylic acids is 1. The Hall–Kier alpha value is -0.370. The number of halogens is 1. The highest BCUT2D eigenvalue weighted by Gasteiger charge is 2.17. The fraction of sp³-hybridized carbons (Fsp3) is 0.889. The predicted molar refractivity (Wildman–Crippen MR) is 70.5 cm³/mol. The molecule has 0 saturated heterocycles. The quantitative estimate of drug-likeness (QED) is 0.584. The van der Waals surface area contributed by atoms with E-state index in [4.69, 9.17) is 5.73 Å². The third-order valence-electron chi connectivity index (χ3n) is 2.04. The molecular formula is C9H22ClN3O3S. The zero-order valence-corrected chi connectivity index (χ0v) is 12.0.